The fraction of sp³-hybridized carbons (Fsp3) is 0.471. The zero-order valence-electron chi connectivity index (χ0n) is 14.3. The van der Waals surface area contributed by atoms with E-state index < -0.39 is 0 Å². The number of aliphatic imine (C=N–C) groups is 1. The van der Waals surface area contributed by atoms with Crippen LogP contribution in [0.25, 0.3) is 0 Å². The topological polar surface area (TPSA) is 67.1 Å². The summed E-state index contributed by atoms with van der Waals surface area (Å²) in [5.41, 5.74) is 1.21. The Hall–Kier alpha value is -1.89. The maximum atomic E-state index is 4.70. The molecule has 1 unspecified atom stereocenters. The van der Waals surface area contributed by atoms with Crippen LogP contribution in [0.4, 0.5) is 0 Å². The highest BCUT2D eigenvalue weighted by Crippen LogP contribution is 2.23. The van der Waals surface area contributed by atoms with Crippen molar-refractivity contribution in [3.8, 4) is 0 Å². The molecule has 24 heavy (non-hydrogen) atoms. The monoisotopic (exact) mass is 390 g/mol. The third kappa shape index (κ3) is 4.14. The van der Waals surface area contributed by atoms with Gasteiger partial charge in [-0.2, -0.15) is 0 Å². The van der Waals surface area contributed by atoms with Crippen LogP contribution in [0.3, 0.4) is 0 Å². The van der Waals surface area contributed by atoms with E-state index in [1.165, 1.54) is 18.4 Å². The molecule has 1 saturated carbocycles. The summed E-state index contributed by atoms with van der Waals surface area (Å²) in [7, 11) is 1.96. The van der Waals surface area contributed by atoms with Gasteiger partial charge < -0.3 is 15.2 Å². The van der Waals surface area contributed by atoms with E-state index in [1.807, 2.05) is 30.7 Å². The SMILES string of the molecule is Cc1nnc(CN=C(NC2CC2)NC(C)c2ccccc2Br)n1C. The zero-order chi connectivity index (χ0) is 17.1. The molecule has 0 spiro atoms. The zero-order valence-corrected chi connectivity index (χ0v) is 15.8. The second-order valence-corrected chi connectivity index (χ2v) is 7.05. The van der Waals surface area contributed by atoms with Crippen LogP contribution in [0, 0.1) is 6.92 Å². The van der Waals surface area contributed by atoms with E-state index in [2.05, 4.69) is 55.8 Å². The van der Waals surface area contributed by atoms with Crippen molar-refractivity contribution in [1.29, 1.82) is 0 Å². The van der Waals surface area contributed by atoms with Gasteiger partial charge in [-0.05, 0) is 38.3 Å². The Morgan fingerprint density at radius 2 is 2.12 bits per heavy atom. The molecule has 1 aromatic heterocycles. The fourth-order valence-corrected chi connectivity index (χ4v) is 3.03. The maximum Gasteiger partial charge on any atom is 0.192 e. The summed E-state index contributed by atoms with van der Waals surface area (Å²) in [5, 5.41) is 15.2. The van der Waals surface area contributed by atoms with Crippen molar-refractivity contribution < 1.29 is 0 Å². The second kappa shape index (κ2) is 7.34. The minimum absolute atomic E-state index is 0.145. The number of hydrogen-bond acceptors (Lipinski definition) is 3. The Labute approximate surface area is 150 Å². The third-order valence-electron chi connectivity index (χ3n) is 4.20. The lowest BCUT2D eigenvalue weighted by Gasteiger charge is -2.19. The van der Waals surface area contributed by atoms with E-state index in [-0.39, 0.29) is 6.04 Å². The van der Waals surface area contributed by atoms with Crippen LogP contribution in [0.2, 0.25) is 0 Å². The lowest BCUT2D eigenvalue weighted by Crippen LogP contribution is -2.40. The number of benzene rings is 1. The molecular weight excluding hydrogens is 368 g/mol. The highest BCUT2D eigenvalue weighted by Gasteiger charge is 2.23. The van der Waals surface area contributed by atoms with E-state index in [9.17, 15) is 0 Å². The second-order valence-electron chi connectivity index (χ2n) is 6.19. The number of aromatic nitrogens is 3. The van der Waals surface area contributed by atoms with Gasteiger partial charge in [0.2, 0.25) is 0 Å². The lowest BCUT2D eigenvalue weighted by atomic mass is 10.1. The molecule has 1 heterocycles. The predicted octanol–water partition coefficient (Wildman–Crippen LogP) is 2.84. The summed E-state index contributed by atoms with van der Waals surface area (Å²) in [4.78, 5) is 4.70. The van der Waals surface area contributed by atoms with Crippen molar-refractivity contribution in [3.63, 3.8) is 0 Å². The molecule has 6 nitrogen and oxygen atoms in total. The number of guanidine groups is 1. The summed E-state index contributed by atoms with van der Waals surface area (Å²) >= 11 is 3.62. The first-order valence-corrected chi connectivity index (χ1v) is 9.00. The van der Waals surface area contributed by atoms with Crippen LogP contribution in [0.15, 0.2) is 33.7 Å². The van der Waals surface area contributed by atoms with Gasteiger partial charge in [0.05, 0.1) is 6.04 Å². The molecule has 0 saturated heterocycles. The minimum Gasteiger partial charge on any atom is -0.354 e. The first-order chi connectivity index (χ1) is 11.5. The highest BCUT2D eigenvalue weighted by atomic mass is 79.9. The van der Waals surface area contributed by atoms with Crippen LogP contribution in [0.5, 0.6) is 0 Å². The van der Waals surface area contributed by atoms with E-state index in [4.69, 9.17) is 4.99 Å². The molecule has 2 N–H and O–H groups in total. The molecule has 0 bridgehead atoms. The number of hydrogen-bond donors (Lipinski definition) is 2. The van der Waals surface area contributed by atoms with Gasteiger partial charge in [-0.3, -0.25) is 0 Å². The average molecular weight is 391 g/mol. The van der Waals surface area contributed by atoms with Crippen LogP contribution >= 0.6 is 15.9 Å². The Morgan fingerprint density at radius 3 is 2.75 bits per heavy atom. The third-order valence-corrected chi connectivity index (χ3v) is 4.93. The molecule has 2 aromatic rings. The largest absolute Gasteiger partial charge is 0.354 e. The first-order valence-electron chi connectivity index (χ1n) is 8.21. The van der Waals surface area contributed by atoms with Crippen molar-refractivity contribution in [1.82, 2.24) is 25.4 Å². The van der Waals surface area contributed by atoms with Crippen molar-refractivity contribution in [2.24, 2.45) is 12.0 Å². The number of halogens is 1. The molecule has 3 rings (SSSR count). The van der Waals surface area contributed by atoms with Crippen LogP contribution in [-0.2, 0) is 13.6 Å². The van der Waals surface area contributed by atoms with Crippen LogP contribution < -0.4 is 10.6 Å². The Kier molecular flexibility index (Phi) is 5.18. The predicted molar refractivity (Wildman–Crippen MR) is 98.7 cm³/mol. The number of nitrogens with zero attached hydrogens (tertiary/aromatic N) is 4. The molecule has 1 aliphatic carbocycles. The molecule has 0 amide bonds. The molecule has 1 fully saturated rings. The minimum atomic E-state index is 0.145. The van der Waals surface area contributed by atoms with Gasteiger partial charge in [0.15, 0.2) is 11.8 Å². The molecule has 1 aliphatic rings. The lowest BCUT2D eigenvalue weighted by molar-refractivity contribution is 0.673. The standard InChI is InChI=1S/C17H23BrN6/c1-11(14-6-4-5-7-15(14)18)20-17(21-13-8-9-13)19-10-16-23-22-12(2)24(16)3/h4-7,11,13H,8-10H2,1-3H3,(H2,19,20,21). The fourth-order valence-electron chi connectivity index (χ4n) is 2.40. The number of rotatable bonds is 5. The van der Waals surface area contributed by atoms with Crippen LogP contribution in [-0.4, -0.2) is 26.8 Å². The van der Waals surface area contributed by atoms with Gasteiger partial charge in [-0.15, -0.1) is 10.2 Å². The summed E-state index contributed by atoms with van der Waals surface area (Å²) < 4.78 is 3.06. The van der Waals surface area contributed by atoms with Crippen molar-refractivity contribution in [3.05, 3.63) is 46.0 Å². The van der Waals surface area contributed by atoms with E-state index in [0.29, 0.717) is 12.6 Å². The van der Waals surface area contributed by atoms with Gasteiger partial charge in [0.25, 0.3) is 0 Å². The van der Waals surface area contributed by atoms with E-state index in [1.54, 1.807) is 0 Å². The van der Waals surface area contributed by atoms with Gasteiger partial charge in [0, 0.05) is 17.6 Å². The van der Waals surface area contributed by atoms with E-state index >= 15 is 0 Å². The average Bonchev–Trinajstić information content (AvgIpc) is 3.32. The number of nitrogens with one attached hydrogen (secondary N) is 2. The van der Waals surface area contributed by atoms with Gasteiger partial charge in [-0.25, -0.2) is 4.99 Å². The highest BCUT2D eigenvalue weighted by molar-refractivity contribution is 9.10. The molecule has 1 aromatic carbocycles. The summed E-state index contributed by atoms with van der Waals surface area (Å²) in [6, 6.07) is 8.92. The molecule has 1 atom stereocenters. The van der Waals surface area contributed by atoms with Gasteiger partial charge >= 0.3 is 0 Å². The Bertz CT molecular complexity index is 734. The van der Waals surface area contributed by atoms with E-state index in [0.717, 1.165) is 22.1 Å². The Balaban J connectivity index is 1.72. The molecule has 7 heteroatoms. The molecule has 128 valence electrons. The molecule has 0 aliphatic heterocycles. The van der Waals surface area contributed by atoms with Crippen molar-refractivity contribution in [2.45, 2.75) is 45.3 Å². The van der Waals surface area contributed by atoms with Crippen molar-refractivity contribution in [2.75, 3.05) is 0 Å². The summed E-state index contributed by atoms with van der Waals surface area (Å²) in [6.07, 6.45) is 2.40. The van der Waals surface area contributed by atoms with Crippen LogP contribution in [0.1, 0.15) is 43.0 Å². The molecule has 0 radical (unpaired) electrons. The smallest absolute Gasteiger partial charge is 0.192 e. The maximum absolute atomic E-state index is 4.70. The quantitative estimate of drug-likeness (QED) is 0.608. The van der Waals surface area contributed by atoms with Gasteiger partial charge in [-0.1, -0.05) is 34.1 Å². The summed E-state index contributed by atoms with van der Waals surface area (Å²) in [5.74, 6) is 2.57. The first kappa shape index (κ1) is 17.0. The molecular formula is C17H23BrN6. The van der Waals surface area contributed by atoms with Crippen molar-refractivity contribution >= 4 is 21.9 Å². The van der Waals surface area contributed by atoms with Gasteiger partial charge in [0.1, 0.15) is 12.4 Å². The summed E-state index contributed by atoms with van der Waals surface area (Å²) in [6.45, 7) is 4.58. The number of aryl methyl sites for hydroxylation is 1. The Morgan fingerprint density at radius 1 is 1.38 bits per heavy atom. The normalized spacial score (nSPS) is 16.1.